The van der Waals surface area contributed by atoms with E-state index in [0.29, 0.717) is 19.3 Å². The molecule has 0 radical (unpaired) electrons. The smallest absolute Gasteiger partial charge is 0.870 e. The summed E-state index contributed by atoms with van der Waals surface area (Å²) in [6.45, 7) is 8.21. The first-order valence-corrected chi connectivity index (χ1v) is 19.4. The van der Waals surface area contributed by atoms with Crippen molar-refractivity contribution in [2.75, 3.05) is 33.5 Å². The van der Waals surface area contributed by atoms with Gasteiger partial charge in [-0.1, -0.05) is 104 Å². The fourth-order valence-corrected chi connectivity index (χ4v) is 4.82. The van der Waals surface area contributed by atoms with Crippen LogP contribution in [0.5, 0.6) is 0 Å². The van der Waals surface area contributed by atoms with Gasteiger partial charge in [0.2, 0.25) is 0 Å². The predicted molar refractivity (Wildman–Crippen MR) is 199 cm³/mol. The summed E-state index contributed by atoms with van der Waals surface area (Å²) in [6.07, 6.45) is 31.0. The fraction of sp³-hybridized carbons (Fsp3) is 0.854. The molecule has 0 amide bonds. The van der Waals surface area contributed by atoms with Gasteiger partial charge in [0.25, 0.3) is 0 Å². The second kappa shape index (κ2) is 50.9. The molecule has 0 spiro atoms. The molecule has 0 fully saturated rings. The maximum absolute atomic E-state index is 10.9. The van der Waals surface area contributed by atoms with E-state index >= 15 is 0 Å². The first-order valence-electron chi connectivity index (χ1n) is 19.4. The molecule has 0 bridgehead atoms. The Hall–Kier alpha value is -1.46. The van der Waals surface area contributed by atoms with E-state index in [0.717, 1.165) is 52.1 Å². The van der Waals surface area contributed by atoms with Crippen LogP contribution in [-0.4, -0.2) is 56.1 Å². The summed E-state index contributed by atoms with van der Waals surface area (Å²) in [4.78, 5) is 21.2. The van der Waals surface area contributed by atoms with E-state index < -0.39 is 5.97 Å². The van der Waals surface area contributed by atoms with Gasteiger partial charge in [-0.2, -0.15) is 0 Å². The fourth-order valence-electron chi connectivity index (χ4n) is 4.82. The molecule has 7 nitrogen and oxygen atoms in total. The van der Waals surface area contributed by atoms with Crippen molar-refractivity contribution in [3.63, 3.8) is 0 Å². The summed E-state index contributed by atoms with van der Waals surface area (Å²) in [5.41, 5.74) is 0. The van der Waals surface area contributed by atoms with E-state index in [2.05, 4.69) is 42.3 Å². The third-order valence-corrected chi connectivity index (χ3v) is 7.82. The van der Waals surface area contributed by atoms with Crippen molar-refractivity contribution in [2.45, 2.75) is 194 Å². The quantitative estimate of drug-likeness (QED) is 0.0330. The zero-order chi connectivity index (χ0) is 34.7. The molecule has 0 saturated heterocycles. The molecule has 0 unspecified atom stereocenters. The van der Waals surface area contributed by atoms with Crippen molar-refractivity contribution < 1.29 is 53.2 Å². The molecule has 0 aromatic heterocycles. The van der Waals surface area contributed by atoms with E-state index in [1.54, 1.807) is 0 Å². The van der Waals surface area contributed by atoms with E-state index in [1.807, 2.05) is 0 Å². The normalized spacial score (nSPS) is 9.86. The van der Waals surface area contributed by atoms with Crippen LogP contribution in [-0.2, 0) is 23.8 Å². The van der Waals surface area contributed by atoms with E-state index in [1.165, 1.54) is 136 Å². The number of aliphatic carboxylic acids is 1. The monoisotopic (exact) mass is 687 g/mol. The number of carbonyl (C=O) groups is 2. The Kier molecular flexibility index (Phi) is 56.4. The van der Waals surface area contributed by atoms with Crippen LogP contribution in [0.15, 0.2) is 0 Å². The van der Waals surface area contributed by atoms with Gasteiger partial charge in [0.1, 0.15) is 0 Å². The molecule has 49 heavy (non-hydrogen) atoms. The van der Waals surface area contributed by atoms with Crippen LogP contribution >= 0.6 is 0 Å². The van der Waals surface area contributed by atoms with Crippen molar-refractivity contribution in [3.8, 4) is 23.7 Å². The number of ether oxygens (including phenoxy) is 3. The second-order valence-corrected chi connectivity index (χ2v) is 12.5. The van der Waals surface area contributed by atoms with Gasteiger partial charge in [0, 0.05) is 65.0 Å². The number of rotatable bonds is 32. The van der Waals surface area contributed by atoms with Crippen molar-refractivity contribution >= 4 is 11.9 Å². The molecular formula is C41H75LiO7. The van der Waals surface area contributed by atoms with Gasteiger partial charge in [0.05, 0.1) is 7.11 Å². The van der Waals surface area contributed by atoms with Gasteiger partial charge in [-0.15, -0.1) is 23.7 Å². The SMILES string of the molecule is CCCCCCOCCCCCCCCC#CCCCC(=O)O.CCCCCCOCCCCCCCCC#CCCCC(=O)OC.[Li+].[OH-]. The molecule has 0 aliphatic carbocycles. The van der Waals surface area contributed by atoms with Crippen LogP contribution < -0.4 is 18.9 Å². The van der Waals surface area contributed by atoms with Crippen molar-refractivity contribution in [2.24, 2.45) is 0 Å². The molecule has 0 aliphatic rings. The summed E-state index contributed by atoms with van der Waals surface area (Å²) >= 11 is 0. The molecule has 0 aliphatic heterocycles. The molecule has 8 heteroatoms. The second-order valence-electron chi connectivity index (χ2n) is 12.5. The summed E-state index contributed by atoms with van der Waals surface area (Å²) in [6, 6.07) is 0. The number of carboxylic acid groups (broad SMARTS) is 1. The third-order valence-electron chi connectivity index (χ3n) is 7.82. The number of hydrogen-bond donors (Lipinski definition) is 1. The van der Waals surface area contributed by atoms with E-state index in [4.69, 9.17) is 14.6 Å². The minimum atomic E-state index is -0.728. The summed E-state index contributed by atoms with van der Waals surface area (Å²) < 4.78 is 15.9. The van der Waals surface area contributed by atoms with Crippen molar-refractivity contribution in [3.05, 3.63) is 0 Å². The number of esters is 1. The van der Waals surface area contributed by atoms with Gasteiger partial charge < -0.3 is 24.8 Å². The predicted octanol–water partition coefficient (Wildman–Crippen LogP) is 8.06. The van der Waals surface area contributed by atoms with Crippen LogP contribution in [0.25, 0.3) is 0 Å². The van der Waals surface area contributed by atoms with Gasteiger partial charge in [-0.3, -0.25) is 9.59 Å². The summed E-state index contributed by atoms with van der Waals surface area (Å²) in [7, 11) is 1.43. The minimum Gasteiger partial charge on any atom is -0.870 e. The number of carbonyl (C=O) groups excluding carboxylic acids is 1. The number of hydrogen-bond acceptors (Lipinski definition) is 6. The van der Waals surface area contributed by atoms with Crippen LogP contribution in [0.4, 0.5) is 0 Å². The zero-order valence-electron chi connectivity index (χ0n) is 32.6. The Morgan fingerprint density at radius 3 is 1.12 bits per heavy atom. The Bertz CT molecular complexity index is 782. The molecule has 0 aromatic carbocycles. The van der Waals surface area contributed by atoms with Crippen LogP contribution in [0.1, 0.15) is 194 Å². The summed E-state index contributed by atoms with van der Waals surface area (Å²) in [5, 5.41) is 8.49. The average Bonchev–Trinajstić information content (AvgIpc) is 3.07. The molecule has 0 saturated carbocycles. The van der Waals surface area contributed by atoms with E-state index in [-0.39, 0.29) is 36.7 Å². The topological polar surface area (TPSA) is 112 Å². The maximum atomic E-state index is 10.9. The molecule has 0 atom stereocenters. The van der Waals surface area contributed by atoms with Crippen LogP contribution in [0.3, 0.4) is 0 Å². The number of methoxy groups -OCH3 is 1. The van der Waals surface area contributed by atoms with Gasteiger partial charge in [-0.05, 0) is 51.4 Å². The Morgan fingerprint density at radius 1 is 0.469 bits per heavy atom. The first-order chi connectivity index (χ1) is 23.1. The largest absolute Gasteiger partial charge is 1.00 e. The van der Waals surface area contributed by atoms with Crippen LogP contribution in [0.2, 0.25) is 0 Å². The van der Waals surface area contributed by atoms with Gasteiger partial charge in [-0.25, -0.2) is 0 Å². The molecule has 0 heterocycles. The molecule has 2 N–H and O–H groups in total. The van der Waals surface area contributed by atoms with Gasteiger partial charge in [0.15, 0.2) is 0 Å². The number of unbranched alkanes of at least 4 members (excludes halogenated alkanes) is 20. The molecular weight excluding hydrogens is 611 g/mol. The van der Waals surface area contributed by atoms with Crippen LogP contribution in [0, 0.1) is 23.7 Å². The molecule has 282 valence electrons. The average molecular weight is 687 g/mol. The Balaban J connectivity index is -0.000000397. The Labute approximate surface area is 315 Å². The molecule has 0 aromatic rings. The van der Waals surface area contributed by atoms with Crippen molar-refractivity contribution in [1.29, 1.82) is 0 Å². The molecule has 0 rings (SSSR count). The minimum absolute atomic E-state index is 0. The number of carboxylic acids is 1. The maximum Gasteiger partial charge on any atom is 1.00 e. The first kappa shape index (κ1) is 54.3. The zero-order valence-corrected chi connectivity index (χ0v) is 32.6. The third kappa shape index (κ3) is 56.2. The van der Waals surface area contributed by atoms with E-state index in [9.17, 15) is 9.59 Å². The standard InChI is InChI=1S/C21H38O3.C20H36O3.Li.H2O/c1-3-4-5-16-19-24-20-17-14-12-10-8-6-7-9-11-13-15-18-21(22)23-2;1-2-3-4-15-18-23-19-16-13-11-9-7-5-6-8-10-12-14-17-20(21)22;;/h3-8,10,12-20H2,1-2H3;2-7,9,11-19H2,1H3,(H,21,22);;1H2/q;;+1;/p-1. The Morgan fingerprint density at radius 2 is 0.776 bits per heavy atom. The van der Waals surface area contributed by atoms with Gasteiger partial charge >= 0.3 is 30.8 Å². The summed E-state index contributed by atoms with van der Waals surface area (Å²) in [5.74, 6) is 11.7. The van der Waals surface area contributed by atoms with Crippen molar-refractivity contribution in [1.82, 2.24) is 0 Å².